The molecule has 6 N–H and O–H groups in total. The first-order valence-electron chi connectivity index (χ1n) is 51.2. The third kappa shape index (κ3) is 19.3. The molecule has 6 aliphatic heterocycles. The highest BCUT2D eigenvalue weighted by Crippen LogP contribution is 2.57. The zero-order valence-corrected chi connectivity index (χ0v) is 84.1. The van der Waals surface area contributed by atoms with Crippen LogP contribution >= 0.6 is 0 Å². The molecule has 744 valence electrons. The quantitative estimate of drug-likeness (QED) is 0.0274. The molecule has 6 unspecified atom stereocenters. The van der Waals surface area contributed by atoms with E-state index in [-0.39, 0.29) is 62.3 Å². The lowest BCUT2D eigenvalue weighted by atomic mass is 9.80. The molecule has 16 heterocycles. The maximum absolute atomic E-state index is 13.9. The van der Waals surface area contributed by atoms with Crippen LogP contribution in [0.1, 0.15) is 203 Å². The number of fused-ring (bicyclic) bond motifs is 12. The normalized spacial score (nSPS) is 26.8. The van der Waals surface area contributed by atoms with E-state index in [0.29, 0.717) is 179 Å². The molecule has 13 fully saturated rings. The summed E-state index contributed by atoms with van der Waals surface area (Å²) in [7, 11) is 0. The van der Waals surface area contributed by atoms with E-state index < -0.39 is 17.2 Å². The molecule has 0 amide bonds. The van der Waals surface area contributed by atoms with Crippen molar-refractivity contribution in [1.82, 2.24) is 89.4 Å². The van der Waals surface area contributed by atoms with Gasteiger partial charge in [0, 0.05) is 142 Å². The van der Waals surface area contributed by atoms with Gasteiger partial charge in [-0.25, -0.2) is 44.3 Å². The molecule has 25 rings (SSSR count). The monoisotopic (exact) mass is 1920 g/mol. The average Bonchev–Trinajstić information content (AvgIpc) is 1.56. The first kappa shape index (κ1) is 97.6. The number of aryl methyl sites for hydroxylation is 4. The minimum absolute atomic E-state index is 0.117. The number of carbonyl (C=O) groups excluding carboxylic acids is 6. The number of ether oxygens (including phenoxy) is 1. The number of Topliss-reactive ketones (excluding diaryl/α,β-unsaturated/α-hetero) is 6. The highest BCUT2D eigenvalue weighted by Gasteiger charge is 2.62. The number of hydrogen-bond acceptors (Lipinski definition) is 21. The minimum Gasteiger partial charge on any atom is -0.403 e. The molecule has 7 aliphatic carbocycles. The Morgan fingerprint density at radius 2 is 0.766 bits per heavy atom. The number of benzene rings is 2. The average molecular weight is 1920 g/mol. The molecule has 13 aliphatic rings. The van der Waals surface area contributed by atoms with Crippen molar-refractivity contribution < 1.29 is 51.1 Å². The van der Waals surface area contributed by atoms with Crippen LogP contribution in [-0.2, 0) is 61.3 Å². The molecule has 29 heteroatoms. The van der Waals surface area contributed by atoms with Gasteiger partial charge in [-0.05, 0) is 256 Å². The Labute approximate surface area is 821 Å². The Morgan fingerprint density at radius 3 is 1.23 bits per heavy atom. The van der Waals surface area contributed by atoms with Crippen molar-refractivity contribution in [3.05, 3.63) is 209 Å². The fourth-order valence-corrected chi connectivity index (χ4v) is 26.3. The number of pyridine rings is 4. The van der Waals surface area contributed by atoms with Gasteiger partial charge in [0.1, 0.15) is 86.8 Å². The van der Waals surface area contributed by atoms with Crippen LogP contribution in [0.15, 0.2) is 141 Å². The van der Waals surface area contributed by atoms with Crippen molar-refractivity contribution in [2.75, 3.05) is 78.5 Å². The highest BCUT2D eigenvalue weighted by molar-refractivity contribution is 5.92. The molecule has 25 nitrogen and oxygen atoms in total. The summed E-state index contributed by atoms with van der Waals surface area (Å²) in [5.74, 6) is 13.9. The first-order chi connectivity index (χ1) is 67.1. The number of para-hydroxylation sites is 2. The van der Waals surface area contributed by atoms with E-state index >= 15 is 0 Å². The van der Waals surface area contributed by atoms with Gasteiger partial charge in [-0.3, -0.25) is 33.2 Å². The van der Waals surface area contributed by atoms with Crippen LogP contribution in [0.3, 0.4) is 0 Å². The summed E-state index contributed by atoms with van der Waals surface area (Å²) in [6.07, 6.45) is 13.5. The number of ketones is 6. The predicted octanol–water partition coefficient (Wildman–Crippen LogP) is 16.0. The Kier molecular flexibility index (Phi) is 25.7. The molecule has 0 radical (unpaired) electrons. The van der Waals surface area contributed by atoms with Gasteiger partial charge in [0.25, 0.3) is 0 Å². The van der Waals surface area contributed by atoms with Gasteiger partial charge in [0.05, 0.1) is 57.4 Å². The van der Waals surface area contributed by atoms with Crippen molar-refractivity contribution in [2.45, 2.75) is 207 Å². The SMILES string of the molecule is CC(C)(CC(=O)C1[C@H]2CNC[C@@H]12)c1ncc2c(C3CC3)cccn12.CC(C)(CC(=O)C1[C@H]2CNC[C@@H]12)c1ncc2c(OC(F)(F)F)cccn12.CC(C)(CC(=O)C1[C@H]2CNC[C@@H]12)c1ncnc2c(F)cccc12.Cc1nc(C(C)(C)CC(=O)C2[C@H]3CNC[C@@H]23)c2cccc(C)c2n1.Cc1nc(C(C)(C)CC(=O)C2[C@H]3CNC[C@@H]23)c2ccccn12.Cc1nc2ccccn2c1C(C)(C)CC(=O)C1[C@H]2CNC[C@@H]12. The zero-order chi connectivity index (χ0) is 99.4. The topological polar surface area (TPSA) is 305 Å². The van der Waals surface area contributed by atoms with Crippen molar-refractivity contribution in [2.24, 2.45) is 107 Å². The second-order valence-electron chi connectivity index (χ2n) is 47.0. The van der Waals surface area contributed by atoms with Gasteiger partial charge in [0.15, 0.2) is 5.75 Å². The predicted molar refractivity (Wildman–Crippen MR) is 533 cm³/mol. The van der Waals surface area contributed by atoms with Crippen molar-refractivity contribution >= 4 is 78.7 Å². The number of carbonyl (C=O) groups is 6. The molecule has 6 saturated heterocycles. The number of imidazole rings is 4. The molecule has 0 bridgehead atoms. The van der Waals surface area contributed by atoms with Crippen molar-refractivity contribution in [1.29, 1.82) is 0 Å². The van der Waals surface area contributed by atoms with Crippen molar-refractivity contribution in [3.63, 3.8) is 0 Å². The lowest BCUT2D eigenvalue weighted by Gasteiger charge is -2.26. The lowest BCUT2D eigenvalue weighted by Crippen LogP contribution is -2.28. The number of piperidine rings is 6. The second-order valence-corrected chi connectivity index (χ2v) is 47.0. The molecule has 12 aromatic rings. The summed E-state index contributed by atoms with van der Waals surface area (Å²) in [5, 5.41) is 21.8. The first-order valence-corrected chi connectivity index (χ1v) is 51.2. The minimum atomic E-state index is -4.77. The molecule has 141 heavy (non-hydrogen) atoms. The summed E-state index contributed by atoms with van der Waals surface area (Å²) >= 11 is 0. The summed E-state index contributed by atoms with van der Waals surface area (Å²) in [6.45, 7) is 45.0. The third-order valence-corrected chi connectivity index (χ3v) is 33.7. The molecule has 7 saturated carbocycles. The fourth-order valence-electron chi connectivity index (χ4n) is 26.3. The molecule has 10 aromatic heterocycles. The fraction of sp³-hybridized carbons (Fsp3) is 0.554. The molecular weight excluding hydrogens is 1790 g/mol. The van der Waals surface area contributed by atoms with E-state index in [2.05, 4.69) is 180 Å². The number of aromatic nitrogens is 12. The van der Waals surface area contributed by atoms with Gasteiger partial charge in [-0.2, -0.15) is 0 Å². The number of rotatable bonds is 26. The number of nitrogens with zero attached hydrogens (tertiary/aromatic N) is 12. The van der Waals surface area contributed by atoms with E-state index in [1.165, 1.54) is 60.3 Å². The maximum Gasteiger partial charge on any atom is 0.573 e. The standard InChI is InChI=1S/2C20H25N3O.C18H20F3N3O2.C18H20FN3O.2C18H23N3O/c1-20(2,8-17(24)18-14-9-21-10-15(14)18)19-22-11-16-13(12-5-6-12)4-3-7-23(16)19;1-11-6-5-7-13-18(11)22-12(2)23-19(13)20(3,4)8-16(24)17-14-9-21-10-15(14)17;1-17(2,6-13(25)15-10-7-22-8-11(10)15)16-23-9-12-14(26-18(19,20)21)4-3-5-24(12)16;1-18(2,6-14(23)15-11-7-20-8-12(11)15)17-10-4-3-5-13(19)16(10)21-9-22-17;1-11-17(21-7-5-4-6-15(21)20-11)18(2,3)8-14(22)16-12-9-19-10-13(12)16;1-11-20-17(14-6-4-5-7-21(11)14)18(2,3)8-15(22)16-12-9-19-10-13(12)16/h3-4,7,11-12,14-15,18,21H,5-6,8-10H2,1-2H3;5-7,14-15,17,21H,8-10H2,1-4H3;3-5,9-11,15,22H,6-8H2,1-2H3;3-5,9,11-12,15,20H,6-8H2,1-2H3;2*4-7,12-13,16,19H,8-10H2,1-3H3/t14-,15+,18?;14-,15+,17?;10-,11+,15?;11-,12+,15?;2*12-,13+,16?. The summed E-state index contributed by atoms with van der Waals surface area (Å²) in [5.41, 5.74) is 10.5. The van der Waals surface area contributed by atoms with Crippen molar-refractivity contribution in [3.8, 4) is 5.75 Å². The second kappa shape index (κ2) is 37.1. The zero-order valence-electron chi connectivity index (χ0n) is 84.1. The summed E-state index contributed by atoms with van der Waals surface area (Å²) in [4.78, 5) is 113. The van der Waals surface area contributed by atoms with Gasteiger partial charge in [-0.1, -0.05) is 132 Å². The van der Waals surface area contributed by atoms with E-state index in [1.807, 2.05) is 103 Å². The maximum atomic E-state index is 13.9. The van der Waals surface area contributed by atoms with Crippen LogP contribution in [0.4, 0.5) is 17.6 Å². The van der Waals surface area contributed by atoms with Crippen LogP contribution in [-0.4, -0.2) is 177 Å². The highest BCUT2D eigenvalue weighted by atomic mass is 19.4. The van der Waals surface area contributed by atoms with Gasteiger partial charge in [0.2, 0.25) is 0 Å². The van der Waals surface area contributed by atoms with Crippen LogP contribution in [0.25, 0.3) is 44.0 Å². The Morgan fingerprint density at radius 1 is 0.369 bits per heavy atom. The largest absolute Gasteiger partial charge is 0.573 e. The van der Waals surface area contributed by atoms with Crippen LogP contribution in [0.5, 0.6) is 5.75 Å². The van der Waals surface area contributed by atoms with Crippen LogP contribution in [0.2, 0.25) is 0 Å². The van der Waals surface area contributed by atoms with Gasteiger partial charge < -0.3 is 49.8 Å². The smallest absolute Gasteiger partial charge is 0.403 e. The number of nitrogens with one attached hydrogen (secondary N) is 6. The van der Waals surface area contributed by atoms with Gasteiger partial charge >= 0.3 is 6.36 Å². The number of alkyl halides is 3. The lowest BCUT2D eigenvalue weighted by molar-refractivity contribution is -0.274. The Bertz CT molecular complexity index is 6810. The van der Waals surface area contributed by atoms with E-state index in [9.17, 15) is 46.3 Å². The third-order valence-electron chi connectivity index (χ3n) is 33.7. The van der Waals surface area contributed by atoms with Gasteiger partial charge in [-0.15, -0.1) is 13.2 Å². The van der Waals surface area contributed by atoms with E-state index in [4.69, 9.17) is 15.0 Å². The number of hydrogen-bond donors (Lipinski definition) is 6. The van der Waals surface area contributed by atoms with Crippen LogP contribution in [0, 0.1) is 140 Å². The summed E-state index contributed by atoms with van der Waals surface area (Å²) < 4.78 is 63.8. The molecule has 18 atom stereocenters. The Hall–Kier alpha value is -10.8. The molecular formula is C112H136F4N18O7. The summed E-state index contributed by atoms with van der Waals surface area (Å²) in [6, 6.07) is 30.4. The van der Waals surface area contributed by atoms with Crippen LogP contribution < -0.4 is 36.6 Å². The Balaban J connectivity index is 0.000000104. The van der Waals surface area contributed by atoms with E-state index in [0.717, 1.165) is 146 Å². The molecule has 2 aromatic carbocycles. The van der Waals surface area contributed by atoms with E-state index in [1.54, 1.807) is 16.7 Å². The molecule has 0 spiro atoms. The number of halogens is 4.